The lowest BCUT2D eigenvalue weighted by atomic mass is 10.2. The largest absolute Gasteiger partial charge is 0.376 e. The third-order valence-corrected chi connectivity index (χ3v) is 2.49. The second-order valence-electron chi connectivity index (χ2n) is 4.59. The van der Waals surface area contributed by atoms with E-state index in [1.165, 1.54) is 11.1 Å². The first kappa shape index (κ1) is 19.9. The molecule has 0 spiro atoms. The summed E-state index contributed by atoms with van der Waals surface area (Å²) in [6, 6.07) is 20.7. The van der Waals surface area contributed by atoms with E-state index in [-0.39, 0.29) is 0 Å². The Kier molecular flexibility index (Phi) is 13.8. The molecule has 0 saturated heterocycles. The van der Waals surface area contributed by atoms with Gasteiger partial charge in [0.25, 0.3) is 0 Å². The average molecular weight is 296 g/mol. The van der Waals surface area contributed by atoms with E-state index in [9.17, 15) is 0 Å². The van der Waals surface area contributed by atoms with Crippen LogP contribution in [0, 0.1) is 0 Å². The fraction of sp³-hybridized carbons (Fsp3) is 0.238. The fourth-order valence-corrected chi connectivity index (χ4v) is 1.60. The van der Waals surface area contributed by atoms with E-state index < -0.39 is 0 Å². The summed E-state index contributed by atoms with van der Waals surface area (Å²) in [7, 11) is 0. The highest BCUT2D eigenvalue weighted by Crippen LogP contribution is 2.03. The van der Waals surface area contributed by atoms with Crippen LogP contribution in [0.15, 0.2) is 86.0 Å². The van der Waals surface area contributed by atoms with Gasteiger partial charge in [0, 0.05) is 0 Å². The lowest BCUT2D eigenvalue weighted by Crippen LogP contribution is -1.98. The molecular formula is C21H28O. The van der Waals surface area contributed by atoms with E-state index in [1.807, 2.05) is 38.1 Å². The number of allylic oxidation sites excluding steroid dienone is 2. The highest BCUT2D eigenvalue weighted by molar-refractivity contribution is 5.15. The first-order chi connectivity index (χ1) is 10.8. The van der Waals surface area contributed by atoms with E-state index in [0.717, 1.165) is 13.0 Å². The molecule has 0 saturated carbocycles. The third-order valence-electron chi connectivity index (χ3n) is 2.49. The van der Waals surface area contributed by atoms with Crippen LogP contribution in [0.25, 0.3) is 0 Å². The van der Waals surface area contributed by atoms with Crippen molar-refractivity contribution in [3.05, 3.63) is 97.1 Å². The number of hydrogen-bond donors (Lipinski definition) is 0. The number of hydrogen-bond acceptors (Lipinski definition) is 1. The SMILES string of the molecule is C=CC.C=CC.c1ccc(CCOCc2ccccc2)cc1. The van der Waals surface area contributed by atoms with Gasteiger partial charge in [-0.1, -0.05) is 72.8 Å². The number of rotatable bonds is 5. The molecule has 2 aromatic rings. The van der Waals surface area contributed by atoms with Gasteiger partial charge in [-0.3, -0.25) is 0 Å². The van der Waals surface area contributed by atoms with Crippen molar-refractivity contribution in [1.29, 1.82) is 0 Å². The van der Waals surface area contributed by atoms with E-state index in [0.29, 0.717) is 6.61 Å². The van der Waals surface area contributed by atoms with Crippen molar-refractivity contribution in [2.75, 3.05) is 6.61 Å². The van der Waals surface area contributed by atoms with Gasteiger partial charge in [0.2, 0.25) is 0 Å². The second kappa shape index (κ2) is 15.3. The van der Waals surface area contributed by atoms with Gasteiger partial charge in [-0.05, 0) is 31.4 Å². The quantitative estimate of drug-likeness (QED) is 0.498. The molecule has 0 N–H and O–H groups in total. The first-order valence-corrected chi connectivity index (χ1v) is 7.58. The zero-order chi connectivity index (χ0) is 16.5. The maximum Gasteiger partial charge on any atom is 0.0717 e. The van der Waals surface area contributed by atoms with Crippen LogP contribution in [-0.4, -0.2) is 6.61 Å². The smallest absolute Gasteiger partial charge is 0.0717 e. The van der Waals surface area contributed by atoms with Gasteiger partial charge in [-0.25, -0.2) is 0 Å². The van der Waals surface area contributed by atoms with Gasteiger partial charge >= 0.3 is 0 Å². The third kappa shape index (κ3) is 11.7. The van der Waals surface area contributed by atoms with Crippen LogP contribution in [0.1, 0.15) is 25.0 Å². The molecule has 0 fully saturated rings. The zero-order valence-corrected chi connectivity index (χ0v) is 13.9. The Morgan fingerprint density at radius 2 is 1.18 bits per heavy atom. The van der Waals surface area contributed by atoms with Crippen LogP contribution < -0.4 is 0 Å². The molecule has 1 heteroatoms. The molecule has 0 bridgehead atoms. The topological polar surface area (TPSA) is 9.23 Å². The molecule has 0 atom stereocenters. The summed E-state index contributed by atoms with van der Waals surface area (Å²) in [6.07, 6.45) is 4.48. The van der Waals surface area contributed by atoms with Crippen molar-refractivity contribution in [2.45, 2.75) is 26.9 Å². The molecule has 0 aliphatic carbocycles. The molecule has 2 aromatic carbocycles. The van der Waals surface area contributed by atoms with Gasteiger partial charge in [-0.15, -0.1) is 13.2 Å². The Balaban J connectivity index is 0.000000639. The van der Waals surface area contributed by atoms with Gasteiger partial charge < -0.3 is 4.74 Å². The molecule has 118 valence electrons. The fourth-order valence-electron chi connectivity index (χ4n) is 1.60. The van der Waals surface area contributed by atoms with Gasteiger partial charge in [-0.2, -0.15) is 0 Å². The summed E-state index contributed by atoms with van der Waals surface area (Å²) in [4.78, 5) is 0. The molecule has 1 nitrogen and oxygen atoms in total. The van der Waals surface area contributed by atoms with Crippen molar-refractivity contribution < 1.29 is 4.74 Å². The van der Waals surface area contributed by atoms with Crippen LogP contribution >= 0.6 is 0 Å². The molecule has 0 radical (unpaired) electrons. The predicted octanol–water partition coefficient (Wildman–Crippen LogP) is 5.83. The summed E-state index contributed by atoms with van der Waals surface area (Å²) in [5.41, 5.74) is 2.56. The molecular weight excluding hydrogens is 268 g/mol. The van der Waals surface area contributed by atoms with E-state index in [4.69, 9.17) is 4.74 Å². The second-order valence-corrected chi connectivity index (χ2v) is 4.59. The summed E-state index contributed by atoms with van der Waals surface area (Å²) in [6.45, 7) is 12.0. The zero-order valence-electron chi connectivity index (χ0n) is 13.9. The van der Waals surface area contributed by atoms with Gasteiger partial charge in [0.1, 0.15) is 0 Å². The summed E-state index contributed by atoms with van der Waals surface area (Å²) >= 11 is 0. The van der Waals surface area contributed by atoms with Crippen LogP contribution in [0.5, 0.6) is 0 Å². The Labute approximate surface area is 136 Å². The Bertz CT molecular complexity index is 426. The summed E-state index contributed by atoms with van der Waals surface area (Å²) in [5, 5.41) is 0. The first-order valence-electron chi connectivity index (χ1n) is 7.58. The predicted molar refractivity (Wildman–Crippen MR) is 98.0 cm³/mol. The molecule has 0 amide bonds. The molecule has 22 heavy (non-hydrogen) atoms. The van der Waals surface area contributed by atoms with Crippen LogP contribution in [0.2, 0.25) is 0 Å². The highest BCUT2D eigenvalue weighted by atomic mass is 16.5. The van der Waals surface area contributed by atoms with Crippen molar-refractivity contribution in [2.24, 2.45) is 0 Å². The van der Waals surface area contributed by atoms with Gasteiger partial charge in [0.05, 0.1) is 13.2 Å². The molecule has 0 aromatic heterocycles. The van der Waals surface area contributed by atoms with Crippen LogP contribution in [0.3, 0.4) is 0 Å². The number of benzene rings is 2. The van der Waals surface area contributed by atoms with E-state index in [2.05, 4.69) is 49.6 Å². The maximum atomic E-state index is 5.62. The lowest BCUT2D eigenvalue weighted by molar-refractivity contribution is 0.124. The van der Waals surface area contributed by atoms with Crippen molar-refractivity contribution in [3.8, 4) is 0 Å². The Morgan fingerprint density at radius 3 is 1.64 bits per heavy atom. The van der Waals surface area contributed by atoms with Crippen molar-refractivity contribution >= 4 is 0 Å². The lowest BCUT2D eigenvalue weighted by Gasteiger charge is -2.04. The van der Waals surface area contributed by atoms with E-state index in [1.54, 1.807) is 12.2 Å². The minimum Gasteiger partial charge on any atom is -0.376 e. The summed E-state index contributed by atoms with van der Waals surface area (Å²) < 4.78 is 5.62. The standard InChI is InChI=1S/C15H16O.2C3H6/c1-3-7-14(8-4-1)11-12-16-13-15-9-5-2-6-10-15;2*1-3-2/h1-10H,11-13H2;2*3H,1H2,2H3. The highest BCUT2D eigenvalue weighted by Gasteiger charge is 1.93. The van der Waals surface area contributed by atoms with Gasteiger partial charge in [0.15, 0.2) is 0 Å². The Hall–Kier alpha value is -2.12. The maximum absolute atomic E-state index is 5.62. The molecule has 0 aliphatic heterocycles. The monoisotopic (exact) mass is 296 g/mol. The molecule has 0 heterocycles. The molecule has 2 rings (SSSR count). The van der Waals surface area contributed by atoms with Crippen LogP contribution in [-0.2, 0) is 17.8 Å². The van der Waals surface area contributed by atoms with Crippen LogP contribution in [0.4, 0.5) is 0 Å². The minimum atomic E-state index is 0.702. The van der Waals surface area contributed by atoms with Crippen molar-refractivity contribution in [1.82, 2.24) is 0 Å². The van der Waals surface area contributed by atoms with Crippen molar-refractivity contribution in [3.63, 3.8) is 0 Å². The minimum absolute atomic E-state index is 0.702. The molecule has 0 unspecified atom stereocenters. The van der Waals surface area contributed by atoms with E-state index >= 15 is 0 Å². The number of ether oxygens (including phenoxy) is 1. The average Bonchev–Trinajstić information content (AvgIpc) is 2.55. The molecule has 0 aliphatic rings. The normalized spacial score (nSPS) is 8.64. The summed E-state index contributed by atoms with van der Waals surface area (Å²) in [5.74, 6) is 0. The Morgan fingerprint density at radius 1 is 0.773 bits per heavy atom.